The molecule has 0 saturated carbocycles. The van der Waals surface area contributed by atoms with E-state index in [4.69, 9.17) is 0 Å². The molecule has 1 N–H and O–H groups in total. The Bertz CT molecular complexity index is 749. The minimum atomic E-state index is -0.153. The topological polar surface area (TPSA) is 59.3 Å². The fourth-order valence-electron chi connectivity index (χ4n) is 1.98. The normalized spacial score (nSPS) is 10.7. The van der Waals surface area contributed by atoms with E-state index in [0.717, 1.165) is 12.2 Å². The first-order chi connectivity index (χ1) is 9.78. The van der Waals surface area contributed by atoms with Gasteiger partial charge in [-0.25, -0.2) is 9.50 Å². The summed E-state index contributed by atoms with van der Waals surface area (Å²) in [5.74, 6) is 0.603. The van der Waals surface area contributed by atoms with Gasteiger partial charge in [0.05, 0.1) is 5.69 Å². The Morgan fingerprint density at radius 3 is 2.75 bits per heavy atom. The van der Waals surface area contributed by atoms with Crippen LogP contribution in [0.5, 0.6) is 0 Å². The van der Waals surface area contributed by atoms with E-state index in [2.05, 4.69) is 15.4 Å². The van der Waals surface area contributed by atoms with Crippen molar-refractivity contribution in [3.05, 3.63) is 60.0 Å². The van der Waals surface area contributed by atoms with E-state index < -0.39 is 0 Å². The lowest BCUT2D eigenvalue weighted by Gasteiger charge is -2.05. The molecule has 0 spiro atoms. The third-order valence-corrected chi connectivity index (χ3v) is 3.01. The summed E-state index contributed by atoms with van der Waals surface area (Å²) >= 11 is 0. The van der Waals surface area contributed by atoms with Gasteiger partial charge in [-0.05, 0) is 24.3 Å². The molecule has 0 radical (unpaired) electrons. The number of hydrogen-bond acceptors (Lipinski definition) is 3. The van der Waals surface area contributed by atoms with E-state index in [0.29, 0.717) is 16.9 Å². The Labute approximate surface area is 116 Å². The van der Waals surface area contributed by atoms with Crippen molar-refractivity contribution in [3.63, 3.8) is 0 Å². The summed E-state index contributed by atoms with van der Waals surface area (Å²) in [6.07, 6.45) is 2.58. The lowest BCUT2D eigenvalue weighted by Crippen LogP contribution is -2.12. The van der Waals surface area contributed by atoms with Crippen molar-refractivity contribution in [3.8, 4) is 0 Å². The molecule has 5 heteroatoms. The van der Waals surface area contributed by atoms with Crippen molar-refractivity contribution in [1.29, 1.82) is 0 Å². The zero-order valence-electron chi connectivity index (χ0n) is 11.1. The molecule has 1 aromatic carbocycles. The van der Waals surface area contributed by atoms with Crippen LogP contribution in [0.1, 0.15) is 23.1 Å². The number of carbonyl (C=O) groups excluding carboxylic acids is 1. The number of carbonyl (C=O) groups is 1. The quantitative estimate of drug-likeness (QED) is 0.792. The largest absolute Gasteiger partial charge is 0.319 e. The van der Waals surface area contributed by atoms with Crippen LogP contribution in [0.2, 0.25) is 0 Å². The maximum Gasteiger partial charge on any atom is 0.255 e. The number of rotatable bonds is 3. The summed E-state index contributed by atoms with van der Waals surface area (Å²) in [6, 6.07) is 12.8. The minimum Gasteiger partial charge on any atom is -0.319 e. The van der Waals surface area contributed by atoms with E-state index in [1.807, 2.05) is 43.5 Å². The Morgan fingerprint density at radius 2 is 2.00 bits per heavy atom. The second-order valence-corrected chi connectivity index (χ2v) is 4.39. The number of aryl methyl sites for hydroxylation is 1. The zero-order chi connectivity index (χ0) is 13.9. The molecule has 0 unspecified atom stereocenters. The van der Waals surface area contributed by atoms with Gasteiger partial charge >= 0.3 is 0 Å². The van der Waals surface area contributed by atoms with Gasteiger partial charge in [-0.3, -0.25) is 4.79 Å². The van der Waals surface area contributed by atoms with Crippen LogP contribution in [0.15, 0.2) is 48.7 Å². The molecular formula is C15H14N4O. The number of anilines is 1. The number of pyridine rings is 1. The molecular weight excluding hydrogens is 252 g/mol. The number of nitrogens with one attached hydrogen (secondary N) is 1. The third kappa shape index (κ3) is 2.25. The summed E-state index contributed by atoms with van der Waals surface area (Å²) < 4.78 is 1.68. The van der Waals surface area contributed by atoms with Crippen LogP contribution in [-0.2, 0) is 6.42 Å². The van der Waals surface area contributed by atoms with Crippen molar-refractivity contribution < 1.29 is 4.79 Å². The minimum absolute atomic E-state index is 0.153. The van der Waals surface area contributed by atoms with E-state index >= 15 is 0 Å². The average molecular weight is 266 g/mol. The maximum absolute atomic E-state index is 12.2. The van der Waals surface area contributed by atoms with Gasteiger partial charge in [0.15, 0.2) is 11.5 Å². The molecule has 3 aromatic rings. The zero-order valence-corrected chi connectivity index (χ0v) is 11.1. The highest BCUT2D eigenvalue weighted by atomic mass is 16.1. The predicted octanol–water partition coefficient (Wildman–Crippen LogP) is 2.54. The molecule has 1 amide bonds. The molecule has 3 rings (SSSR count). The van der Waals surface area contributed by atoms with Crippen LogP contribution < -0.4 is 5.32 Å². The first-order valence-electron chi connectivity index (χ1n) is 6.48. The first-order valence-corrected chi connectivity index (χ1v) is 6.48. The van der Waals surface area contributed by atoms with Gasteiger partial charge < -0.3 is 5.32 Å². The fraction of sp³-hybridized carbons (Fsp3) is 0.133. The van der Waals surface area contributed by atoms with Crippen LogP contribution in [0.4, 0.5) is 5.69 Å². The summed E-state index contributed by atoms with van der Waals surface area (Å²) in [5.41, 5.74) is 1.94. The Balaban J connectivity index is 1.95. The smallest absolute Gasteiger partial charge is 0.255 e. The summed E-state index contributed by atoms with van der Waals surface area (Å²) in [4.78, 5) is 16.6. The molecule has 0 aliphatic carbocycles. The predicted molar refractivity (Wildman–Crippen MR) is 76.8 cm³/mol. The number of aromatic nitrogens is 3. The highest BCUT2D eigenvalue weighted by Crippen LogP contribution is 2.16. The molecule has 2 heterocycles. The van der Waals surface area contributed by atoms with E-state index in [-0.39, 0.29) is 5.91 Å². The van der Waals surface area contributed by atoms with Crippen molar-refractivity contribution >= 4 is 17.2 Å². The summed E-state index contributed by atoms with van der Waals surface area (Å²) in [5, 5.41) is 7.20. The maximum atomic E-state index is 12.2. The van der Waals surface area contributed by atoms with Crippen LogP contribution in [0, 0.1) is 0 Å². The van der Waals surface area contributed by atoms with Gasteiger partial charge in [0.2, 0.25) is 0 Å². The average Bonchev–Trinajstić information content (AvgIpc) is 2.92. The van der Waals surface area contributed by atoms with Gasteiger partial charge in [-0.2, -0.15) is 5.10 Å². The molecule has 0 aliphatic heterocycles. The van der Waals surface area contributed by atoms with Gasteiger partial charge in [0.1, 0.15) is 0 Å². The lowest BCUT2D eigenvalue weighted by molar-refractivity contribution is 0.102. The summed E-state index contributed by atoms with van der Waals surface area (Å²) in [7, 11) is 0. The molecule has 0 aliphatic rings. The molecule has 20 heavy (non-hydrogen) atoms. The third-order valence-electron chi connectivity index (χ3n) is 3.01. The SMILES string of the molecule is CCc1nc2c(NC(=O)c3ccccc3)cccn2n1. The van der Waals surface area contributed by atoms with Gasteiger partial charge in [0, 0.05) is 18.2 Å². The lowest BCUT2D eigenvalue weighted by atomic mass is 10.2. The van der Waals surface area contributed by atoms with Crippen molar-refractivity contribution in [2.45, 2.75) is 13.3 Å². The molecule has 5 nitrogen and oxygen atoms in total. The molecule has 0 saturated heterocycles. The molecule has 100 valence electrons. The monoisotopic (exact) mass is 266 g/mol. The highest BCUT2D eigenvalue weighted by Gasteiger charge is 2.10. The molecule has 0 atom stereocenters. The van der Waals surface area contributed by atoms with Gasteiger partial charge in [0.25, 0.3) is 5.91 Å². The van der Waals surface area contributed by atoms with Crippen LogP contribution >= 0.6 is 0 Å². The Morgan fingerprint density at radius 1 is 1.20 bits per heavy atom. The van der Waals surface area contributed by atoms with Crippen molar-refractivity contribution in [2.24, 2.45) is 0 Å². The Kier molecular flexibility index (Phi) is 3.16. The molecule has 2 aromatic heterocycles. The summed E-state index contributed by atoms with van der Waals surface area (Å²) in [6.45, 7) is 2.00. The first kappa shape index (κ1) is 12.3. The fourth-order valence-corrected chi connectivity index (χ4v) is 1.98. The molecule has 0 bridgehead atoms. The second kappa shape index (κ2) is 5.13. The van der Waals surface area contributed by atoms with E-state index in [9.17, 15) is 4.79 Å². The number of hydrogen-bond donors (Lipinski definition) is 1. The van der Waals surface area contributed by atoms with Gasteiger partial charge in [-0.15, -0.1) is 0 Å². The number of fused-ring (bicyclic) bond motifs is 1. The van der Waals surface area contributed by atoms with Crippen molar-refractivity contribution in [2.75, 3.05) is 5.32 Å². The van der Waals surface area contributed by atoms with Crippen molar-refractivity contribution in [1.82, 2.24) is 14.6 Å². The van der Waals surface area contributed by atoms with Crippen LogP contribution in [0.3, 0.4) is 0 Å². The second-order valence-electron chi connectivity index (χ2n) is 4.39. The molecule has 0 fully saturated rings. The van der Waals surface area contributed by atoms with E-state index in [1.165, 1.54) is 0 Å². The number of amides is 1. The standard InChI is InChI=1S/C15H14N4O/c1-2-13-17-14-12(9-6-10-19(14)18-13)16-15(20)11-7-4-3-5-8-11/h3-10H,2H2,1H3,(H,16,20). The van der Waals surface area contributed by atoms with Crippen LogP contribution in [-0.4, -0.2) is 20.5 Å². The van der Waals surface area contributed by atoms with Crippen LogP contribution in [0.25, 0.3) is 5.65 Å². The number of benzene rings is 1. The Hall–Kier alpha value is -2.69. The number of nitrogens with zero attached hydrogens (tertiary/aromatic N) is 3. The van der Waals surface area contributed by atoms with Gasteiger partial charge in [-0.1, -0.05) is 25.1 Å². The van der Waals surface area contributed by atoms with E-state index in [1.54, 1.807) is 16.6 Å². The highest BCUT2D eigenvalue weighted by molar-refractivity contribution is 6.05.